The van der Waals surface area contributed by atoms with Crippen molar-refractivity contribution in [3.8, 4) is 11.1 Å². The van der Waals surface area contributed by atoms with Crippen molar-refractivity contribution < 1.29 is 8.83 Å². The van der Waals surface area contributed by atoms with Gasteiger partial charge in [-0.3, -0.25) is 4.98 Å². The van der Waals surface area contributed by atoms with Gasteiger partial charge in [0, 0.05) is 54.5 Å². The van der Waals surface area contributed by atoms with Crippen LogP contribution >= 0.6 is 0 Å². The van der Waals surface area contributed by atoms with Gasteiger partial charge in [0.15, 0.2) is 0 Å². The number of aromatic nitrogens is 1. The van der Waals surface area contributed by atoms with Gasteiger partial charge in [0.05, 0.1) is 0 Å². The highest BCUT2D eigenvalue weighted by atomic mass is 28.3. The highest BCUT2D eigenvalue weighted by Crippen LogP contribution is 2.48. The lowest BCUT2D eigenvalue weighted by atomic mass is 9.87. The number of nitrogens with zero attached hydrogens (tertiary/aromatic N) is 1. The van der Waals surface area contributed by atoms with Crippen LogP contribution in [0, 0.1) is 13.8 Å². The Morgan fingerprint density at radius 2 is 0.929 bits per heavy atom. The number of rotatable bonds is 5. The first-order valence-electron chi connectivity index (χ1n) is 19.6. The third-order valence-electron chi connectivity index (χ3n) is 12.7. The van der Waals surface area contributed by atoms with Crippen molar-refractivity contribution in [2.75, 3.05) is 0 Å². The number of fused-ring (bicyclic) bond motifs is 8. The molecule has 56 heavy (non-hydrogen) atoms. The second-order valence-electron chi connectivity index (χ2n) is 16.9. The molecule has 3 aromatic heterocycles. The molecule has 270 valence electrons. The third-order valence-corrected chi connectivity index (χ3v) is 19.8. The van der Waals surface area contributed by atoms with E-state index in [1.165, 1.54) is 47.9 Å². The monoisotopic (exact) mass is 755 g/mol. The summed E-state index contributed by atoms with van der Waals surface area (Å²) in [4.78, 5) is 4.77. The van der Waals surface area contributed by atoms with Gasteiger partial charge in [0.2, 0.25) is 0 Å². The zero-order valence-corrected chi connectivity index (χ0v) is 34.5. The summed E-state index contributed by atoms with van der Waals surface area (Å²) < 4.78 is 14.0. The fourth-order valence-electron chi connectivity index (χ4n) is 9.53. The van der Waals surface area contributed by atoms with Crippen molar-refractivity contribution in [1.29, 1.82) is 0 Å². The molecule has 3 nitrogen and oxygen atoms in total. The second kappa shape index (κ2) is 11.7. The van der Waals surface area contributed by atoms with Crippen molar-refractivity contribution >= 4 is 113 Å². The van der Waals surface area contributed by atoms with Crippen LogP contribution < -0.4 is 20.7 Å². The molecule has 3 heterocycles. The van der Waals surface area contributed by atoms with E-state index in [1.54, 1.807) is 0 Å². The summed E-state index contributed by atoms with van der Waals surface area (Å²) in [7, 11) is -3.88. The van der Waals surface area contributed by atoms with E-state index in [1.807, 2.05) is 0 Å². The molecule has 0 saturated heterocycles. The Morgan fingerprint density at radius 3 is 1.50 bits per heavy atom. The van der Waals surface area contributed by atoms with Crippen molar-refractivity contribution in [3.05, 3.63) is 151 Å². The van der Waals surface area contributed by atoms with Gasteiger partial charge in [0.1, 0.15) is 38.5 Å². The topological polar surface area (TPSA) is 39.2 Å². The number of benzene rings is 8. The van der Waals surface area contributed by atoms with Crippen LogP contribution in [0.25, 0.3) is 87.3 Å². The number of hydrogen-bond acceptors (Lipinski definition) is 3. The standard InChI is InChI=1S/C51H41NO2Si2/c1-30-23-33(24-31(2)52-30)41-28-45-48-32(25-43-38-21-18-36(26-46(38)54-51(43)45)55(3,4)34-13-9-7-10-14-34)17-20-40-49(48)42(41)29-44-39-22-19-37(27-47(39)53-50(40)44)56(5,6)35-15-11-8-12-16-35/h7-29H,1-6H3. The molecular formula is C51H41NO2Si2. The molecule has 8 aromatic carbocycles. The molecule has 11 rings (SSSR count). The molecular weight excluding hydrogens is 715 g/mol. The third kappa shape index (κ3) is 4.77. The molecule has 11 aromatic rings. The molecule has 0 bridgehead atoms. The van der Waals surface area contributed by atoms with E-state index < -0.39 is 16.1 Å². The summed E-state index contributed by atoms with van der Waals surface area (Å²) in [6.07, 6.45) is 0. The van der Waals surface area contributed by atoms with Gasteiger partial charge in [-0.1, -0.05) is 138 Å². The lowest BCUT2D eigenvalue weighted by Crippen LogP contribution is -2.52. The van der Waals surface area contributed by atoms with Crippen molar-refractivity contribution in [2.24, 2.45) is 0 Å². The number of hydrogen-bond donors (Lipinski definition) is 0. The van der Waals surface area contributed by atoms with E-state index in [0.717, 1.165) is 71.6 Å². The molecule has 0 radical (unpaired) electrons. The van der Waals surface area contributed by atoms with E-state index in [2.05, 4.69) is 180 Å². The molecule has 0 aliphatic rings. The summed E-state index contributed by atoms with van der Waals surface area (Å²) >= 11 is 0. The molecule has 0 N–H and O–H groups in total. The second-order valence-corrected chi connectivity index (χ2v) is 25.7. The first kappa shape index (κ1) is 33.3. The fourth-order valence-corrected chi connectivity index (χ4v) is 14.2. The quantitative estimate of drug-likeness (QED) is 0.130. The van der Waals surface area contributed by atoms with E-state index in [4.69, 9.17) is 13.8 Å². The van der Waals surface area contributed by atoms with Crippen LogP contribution in [0.3, 0.4) is 0 Å². The van der Waals surface area contributed by atoms with E-state index in [0.29, 0.717) is 0 Å². The van der Waals surface area contributed by atoms with Gasteiger partial charge in [-0.25, -0.2) is 0 Å². The Kier molecular flexibility index (Phi) is 6.99. The van der Waals surface area contributed by atoms with Gasteiger partial charge in [-0.2, -0.15) is 0 Å². The van der Waals surface area contributed by atoms with Crippen molar-refractivity contribution in [3.63, 3.8) is 0 Å². The molecule has 5 heteroatoms. The molecule has 0 aliphatic heterocycles. The largest absolute Gasteiger partial charge is 0.455 e. The van der Waals surface area contributed by atoms with Crippen LogP contribution in [0.4, 0.5) is 0 Å². The Hall–Kier alpha value is -6.02. The maximum atomic E-state index is 7.03. The lowest BCUT2D eigenvalue weighted by Gasteiger charge is -2.23. The lowest BCUT2D eigenvalue weighted by molar-refractivity contribution is 0.672. The SMILES string of the molecule is Cc1cc(-c2cc3c4oc5cc([Si](C)(C)c6ccccc6)ccc5c4cc4ccc5c6oc7cc([Si](C)(C)c8ccccc8)ccc7c6cc2c5c43)cc(C)n1. The minimum Gasteiger partial charge on any atom is -0.455 e. The summed E-state index contributed by atoms with van der Waals surface area (Å²) in [5.74, 6) is 0. The molecule has 0 unspecified atom stereocenters. The van der Waals surface area contributed by atoms with E-state index in [9.17, 15) is 0 Å². The minimum absolute atomic E-state index is 0.935. The van der Waals surface area contributed by atoms with E-state index >= 15 is 0 Å². The summed E-state index contributed by atoms with van der Waals surface area (Å²) in [5, 5.41) is 17.3. The first-order chi connectivity index (χ1) is 27.1. The van der Waals surface area contributed by atoms with Gasteiger partial charge < -0.3 is 8.83 Å². The predicted molar refractivity (Wildman–Crippen MR) is 244 cm³/mol. The maximum Gasteiger partial charge on any atom is 0.143 e. The molecule has 0 amide bonds. The fraction of sp³-hybridized carbons (Fsp3) is 0.118. The average Bonchev–Trinajstić information content (AvgIpc) is 3.77. The minimum atomic E-state index is -1.94. The van der Waals surface area contributed by atoms with Crippen LogP contribution in [-0.4, -0.2) is 21.1 Å². The normalized spacial score (nSPS) is 12.8. The zero-order chi connectivity index (χ0) is 38.1. The molecule has 0 fully saturated rings. The van der Waals surface area contributed by atoms with E-state index in [-0.39, 0.29) is 0 Å². The average molecular weight is 756 g/mol. The first-order valence-corrected chi connectivity index (χ1v) is 25.6. The van der Waals surface area contributed by atoms with Crippen LogP contribution in [0.15, 0.2) is 148 Å². The van der Waals surface area contributed by atoms with Crippen LogP contribution in [0.5, 0.6) is 0 Å². The summed E-state index contributed by atoms with van der Waals surface area (Å²) in [6, 6.07) is 51.9. The van der Waals surface area contributed by atoms with Crippen molar-refractivity contribution in [2.45, 2.75) is 40.0 Å². The molecule has 0 atom stereocenters. The summed E-state index contributed by atoms with van der Waals surface area (Å²) in [6.45, 7) is 13.9. The van der Waals surface area contributed by atoms with Crippen LogP contribution in [0.2, 0.25) is 26.2 Å². The van der Waals surface area contributed by atoms with Crippen molar-refractivity contribution in [1.82, 2.24) is 4.98 Å². The highest BCUT2D eigenvalue weighted by molar-refractivity contribution is 7.01. The Bertz CT molecular complexity index is 3300. The van der Waals surface area contributed by atoms with Crippen LogP contribution in [0.1, 0.15) is 11.4 Å². The maximum absolute atomic E-state index is 7.03. The Morgan fingerprint density at radius 1 is 0.411 bits per heavy atom. The van der Waals surface area contributed by atoms with Gasteiger partial charge in [0.25, 0.3) is 0 Å². The van der Waals surface area contributed by atoms with Crippen LogP contribution in [-0.2, 0) is 0 Å². The van der Waals surface area contributed by atoms with Gasteiger partial charge in [-0.15, -0.1) is 0 Å². The van der Waals surface area contributed by atoms with Gasteiger partial charge in [-0.05, 0) is 84.3 Å². The molecule has 0 aliphatic carbocycles. The zero-order valence-electron chi connectivity index (χ0n) is 32.5. The smallest absolute Gasteiger partial charge is 0.143 e. The highest BCUT2D eigenvalue weighted by Gasteiger charge is 2.29. The predicted octanol–water partition coefficient (Wildman–Crippen LogP) is 11.7. The molecule has 0 spiro atoms. The summed E-state index contributed by atoms with van der Waals surface area (Å²) in [5.41, 5.74) is 8.12. The Labute approximate surface area is 327 Å². The number of aryl methyl sites for hydroxylation is 2. The number of furan rings is 2. The molecule has 0 saturated carbocycles. The van der Waals surface area contributed by atoms with Gasteiger partial charge >= 0.3 is 0 Å². The Balaban J connectivity index is 1.21. The number of pyridine rings is 1.